The molecule has 22 heavy (non-hydrogen) atoms. The first kappa shape index (κ1) is 18.2. The molecule has 0 atom stereocenters. The molecular weight excluding hydrogens is 280 g/mol. The molecule has 0 N–H and O–H groups in total. The van der Waals surface area contributed by atoms with Crippen molar-refractivity contribution in [3.8, 4) is 0 Å². The topological polar surface area (TPSA) is 52.6 Å². The summed E-state index contributed by atoms with van der Waals surface area (Å²) in [7, 11) is 0. The van der Waals surface area contributed by atoms with E-state index in [1.807, 2.05) is 37.3 Å². The van der Waals surface area contributed by atoms with E-state index in [9.17, 15) is 9.59 Å². The standard InChI is InChI=1S/C9H16O2.C9H10O2/c1-8(10)11-9(2)6-4-3-5-7-9;1-8(10)11-7-9-5-3-2-4-6-9/h3-7H2,1-2H3;2-6H,7H2,1H3. The molecule has 1 aromatic rings. The second-order valence-corrected chi connectivity index (χ2v) is 5.87. The first-order valence-corrected chi connectivity index (χ1v) is 7.78. The molecule has 0 bridgehead atoms. The lowest BCUT2D eigenvalue weighted by Crippen LogP contribution is -2.32. The molecule has 2 rings (SSSR count). The van der Waals surface area contributed by atoms with E-state index in [-0.39, 0.29) is 17.5 Å². The van der Waals surface area contributed by atoms with Crippen molar-refractivity contribution in [2.75, 3.05) is 0 Å². The molecule has 0 radical (unpaired) electrons. The highest BCUT2D eigenvalue weighted by Crippen LogP contribution is 2.30. The summed E-state index contributed by atoms with van der Waals surface area (Å²) in [5.41, 5.74) is 0.868. The van der Waals surface area contributed by atoms with E-state index in [1.54, 1.807) is 0 Å². The Morgan fingerprint density at radius 3 is 2.09 bits per heavy atom. The molecule has 1 saturated carbocycles. The largest absolute Gasteiger partial charge is 0.461 e. The van der Waals surface area contributed by atoms with Crippen LogP contribution in [-0.2, 0) is 25.7 Å². The summed E-state index contributed by atoms with van der Waals surface area (Å²) in [5.74, 6) is -0.386. The van der Waals surface area contributed by atoms with Gasteiger partial charge in [-0.2, -0.15) is 0 Å². The maximum Gasteiger partial charge on any atom is 0.303 e. The minimum Gasteiger partial charge on any atom is -0.461 e. The summed E-state index contributed by atoms with van der Waals surface area (Å²) in [5, 5.41) is 0. The fourth-order valence-electron chi connectivity index (χ4n) is 2.51. The number of ether oxygens (including phenoxy) is 2. The fourth-order valence-corrected chi connectivity index (χ4v) is 2.51. The van der Waals surface area contributed by atoms with Crippen LogP contribution in [-0.4, -0.2) is 17.5 Å². The van der Waals surface area contributed by atoms with Crippen LogP contribution in [0.5, 0.6) is 0 Å². The summed E-state index contributed by atoms with van der Waals surface area (Å²) >= 11 is 0. The quantitative estimate of drug-likeness (QED) is 0.791. The van der Waals surface area contributed by atoms with Gasteiger partial charge in [-0.3, -0.25) is 9.59 Å². The molecule has 1 fully saturated rings. The Hall–Kier alpha value is -1.84. The van der Waals surface area contributed by atoms with Gasteiger partial charge in [0, 0.05) is 13.8 Å². The van der Waals surface area contributed by atoms with Gasteiger partial charge in [0.05, 0.1) is 0 Å². The fraction of sp³-hybridized carbons (Fsp3) is 0.556. The van der Waals surface area contributed by atoms with Crippen LogP contribution in [0, 0.1) is 0 Å². The van der Waals surface area contributed by atoms with Gasteiger partial charge in [-0.15, -0.1) is 0 Å². The molecule has 4 heteroatoms. The van der Waals surface area contributed by atoms with Crippen LogP contribution in [0.3, 0.4) is 0 Å². The molecule has 0 saturated heterocycles. The minimum absolute atomic E-state index is 0.144. The zero-order valence-electron chi connectivity index (χ0n) is 13.8. The third kappa shape index (κ3) is 7.81. The number of carbonyl (C=O) groups excluding carboxylic acids is 2. The second-order valence-electron chi connectivity index (χ2n) is 5.87. The predicted molar refractivity (Wildman–Crippen MR) is 85.2 cm³/mol. The Kier molecular flexibility index (Phi) is 7.64. The molecule has 1 aliphatic rings. The summed E-state index contributed by atoms with van der Waals surface area (Å²) < 4.78 is 10.0. The molecule has 0 spiro atoms. The Bertz CT molecular complexity index is 461. The van der Waals surface area contributed by atoms with Crippen LogP contribution in [0.4, 0.5) is 0 Å². The van der Waals surface area contributed by atoms with Gasteiger partial charge in [0.1, 0.15) is 12.2 Å². The molecule has 122 valence electrons. The molecule has 1 aromatic carbocycles. The zero-order chi connectivity index (χ0) is 16.4. The first-order chi connectivity index (χ1) is 10.4. The Labute approximate surface area is 132 Å². The zero-order valence-corrected chi connectivity index (χ0v) is 13.8. The van der Waals surface area contributed by atoms with Crippen LogP contribution in [0.15, 0.2) is 30.3 Å². The highest BCUT2D eigenvalue weighted by Gasteiger charge is 2.29. The third-order valence-corrected chi connectivity index (χ3v) is 3.59. The molecule has 0 aliphatic heterocycles. The maximum absolute atomic E-state index is 10.7. The molecular formula is C18H26O4. The van der Waals surface area contributed by atoms with Gasteiger partial charge >= 0.3 is 11.9 Å². The Morgan fingerprint density at radius 1 is 1.00 bits per heavy atom. The number of benzene rings is 1. The third-order valence-electron chi connectivity index (χ3n) is 3.59. The summed E-state index contributed by atoms with van der Waals surface area (Å²) in [6.07, 6.45) is 5.75. The lowest BCUT2D eigenvalue weighted by atomic mass is 9.86. The van der Waals surface area contributed by atoms with Gasteiger partial charge in [-0.25, -0.2) is 0 Å². The highest BCUT2D eigenvalue weighted by atomic mass is 16.6. The lowest BCUT2D eigenvalue weighted by molar-refractivity contribution is -0.158. The van der Waals surface area contributed by atoms with Crippen LogP contribution in [0.25, 0.3) is 0 Å². The number of hydrogen-bond acceptors (Lipinski definition) is 4. The molecule has 0 aromatic heterocycles. The summed E-state index contributed by atoms with van der Waals surface area (Å²) in [6.45, 7) is 5.30. The van der Waals surface area contributed by atoms with E-state index in [0.717, 1.165) is 18.4 Å². The van der Waals surface area contributed by atoms with Crippen LogP contribution in [0.2, 0.25) is 0 Å². The second kappa shape index (κ2) is 9.23. The molecule has 0 amide bonds. The van der Waals surface area contributed by atoms with Gasteiger partial charge in [0.2, 0.25) is 0 Å². The van der Waals surface area contributed by atoms with Crippen molar-refractivity contribution in [1.82, 2.24) is 0 Å². The maximum atomic E-state index is 10.7. The molecule has 0 unspecified atom stereocenters. The number of hydrogen-bond donors (Lipinski definition) is 0. The molecule has 1 aliphatic carbocycles. The van der Waals surface area contributed by atoms with E-state index in [0.29, 0.717) is 6.61 Å². The molecule has 0 heterocycles. The predicted octanol–water partition coefficient (Wildman–Crippen LogP) is 4.02. The van der Waals surface area contributed by atoms with Crippen LogP contribution in [0.1, 0.15) is 58.4 Å². The Balaban J connectivity index is 0.000000220. The minimum atomic E-state index is -0.242. The van der Waals surface area contributed by atoms with Crippen LogP contribution < -0.4 is 0 Å². The average molecular weight is 306 g/mol. The van der Waals surface area contributed by atoms with E-state index in [2.05, 4.69) is 0 Å². The van der Waals surface area contributed by atoms with Crippen molar-refractivity contribution in [3.05, 3.63) is 35.9 Å². The van der Waals surface area contributed by atoms with Crippen molar-refractivity contribution >= 4 is 11.9 Å². The highest BCUT2D eigenvalue weighted by molar-refractivity contribution is 5.66. The van der Waals surface area contributed by atoms with E-state index < -0.39 is 0 Å². The van der Waals surface area contributed by atoms with Crippen molar-refractivity contribution < 1.29 is 19.1 Å². The SMILES string of the molecule is CC(=O)OC1(C)CCCCC1.CC(=O)OCc1ccccc1. The van der Waals surface area contributed by atoms with Crippen molar-refractivity contribution in [2.24, 2.45) is 0 Å². The van der Waals surface area contributed by atoms with Gasteiger partial charge in [0.15, 0.2) is 0 Å². The Morgan fingerprint density at radius 2 is 1.59 bits per heavy atom. The van der Waals surface area contributed by atoms with E-state index in [1.165, 1.54) is 33.1 Å². The summed E-state index contributed by atoms with van der Waals surface area (Å²) in [6, 6.07) is 9.60. The normalized spacial score (nSPS) is 16.0. The lowest BCUT2D eigenvalue weighted by Gasteiger charge is -2.32. The summed E-state index contributed by atoms with van der Waals surface area (Å²) in [4.78, 5) is 21.1. The van der Waals surface area contributed by atoms with E-state index in [4.69, 9.17) is 9.47 Å². The van der Waals surface area contributed by atoms with Gasteiger partial charge in [-0.05, 0) is 38.2 Å². The van der Waals surface area contributed by atoms with E-state index >= 15 is 0 Å². The molecule has 4 nitrogen and oxygen atoms in total. The van der Waals surface area contributed by atoms with Crippen LogP contribution >= 0.6 is 0 Å². The van der Waals surface area contributed by atoms with Gasteiger partial charge in [0.25, 0.3) is 0 Å². The van der Waals surface area contributed by atoms with Crippen molar-refractivity contribution in [2.45, 2.75) is 65.1 Å². The van der Waals surface area contributed by atoms with Gasteiger partial charge in [-0.1, -0.05) is 36.8 Å². The number of rotatable bonds is 3. The smallest absolute Gasteiger partial charge is 0.303 e. The average Bonchev–Trinajstić information content (AvgIpc) is 2.46. The monoisotopic (exact) mass is 306 g/mol. The van der Waals surface area contributed by atoms with Gasteiger partial charge < -0.3 is 9.47 Å². The van der Waals surface area contributed by atoms with Crippen molar-refractivity contribution in [3.63, 3.8) is 0 Å². The number of carbonyl (C=O) groups is 2. The first-order valence-electron chi connectivity index (χ1n) is 7.78. The number of esters is 2. The van der Waals surface area contributed by atoms with Crippen molar-refractivity contribution in [1.29, 1.82) is 0 Å².